The molecule has 1 heterocycles. The quantitative estimate of drug-likeness (QED) is 0.908. The van der Waals surface area contributed by atoms with Gasteiger partial charge in [-0.05, 0) is 30.2 Å². The monoisotopic (exact) mass is 249 g/mol. The average Bonchev–Trinajstić information content (AvgIpc) is 2.32. The molecule has 0 aliphatic carbocycles. The van der Waals surface area contributed by atoms with E-state index in [2.05, 4.69) is 9.97 Å². The zero-order valence-corrected chi connectivity index (χ0v) is 10.1. The highest BCUT2D eigenvalue weighted by Gasteiger charge is 2.03. The van der Waals surface area contributed by atoms with Crippen LogP contribution in [0.4, 0.5) is 5.82 Å². The molecule has 0 amide bonds. The van der Waals surface area contributed by atoms with Crippen molar-refractivity contribution in [2.75, 3.05) is 5.73 Å². The summed E-state index contributed by atoms with van der Waals surface area (Å²) in [5, 5.41) is 0.738. The number of hydrogen-bond acceptors (Lipinski definition) is 4. The lowest BCUT2D eigenvalue weighted by Gasteiger charge is -2.07. The summed E-state index contributed by atoms with van der Waals surface area (Å²) in [7, 11) is 0. The Morgan fingerprint density at radius 3 is 2.82 bits per heavy atom. The smallest absolute Gasteiger partial charge is 0.224 e. The Morgan fingerprint density at radius 1 is 1.29 bits per heavy atom. The molecule has 2 N–H and O–H groups in total. The first-order chi connectivity index (χ1) is 8.19. The first kappa shape index (κ1) is 11.7. The fourth-order valence-corrected chi connectivity index (χ4v) is 1.67. The molecule has 2 rings (SSSR count). The number of aryl methyl sites for hydroxylation is 1. The summed E-state index contributed by atoms with van der Waals surface area (Å²) in [6.07, 6.45) is 2.21. The number of nitrogen functional groups attached to an aromatic ring is 1. The Bertz CT molecular complexity index is 531. The number of ether oxygens (including phenoxy) is 1. The molecule has 0 aliphatic heterocycles. The number of nitrogens with two attached hydrogens (primary N) is 1. The van der Waals surface area contributed by atoms with Gasteiger partial charge in [0.15, 0.2) is 0 Å². The molecular formula is C12H12ClN3O. The first-order valence-corrected chi connectivity index (χ1v) is 5.60. The molecule has 0 atom stereocenters. The molecule has 88 valence electrons. The predicted molar refractivity (Wildman–Crippen MR) is 67.3 cm³/mol. The summed E-state index contributed by atoms with van der Waals surface area (Å²) in [5.41, 5.74) is 6.57. The van der Waals surface area contributed by atoms with Crippen molar-refractivity contribution < 1.29 is 4.74 Å². The van der Waals surface area contributed by atoms with Crippen LogP contribution in [-0.4, -0.2) is 9.97 Å². The van der Waals surface area contributed by atoms with Crippen LogP contribution in [0.5, 0.6) is 11.6 Å². The zero-order chi connectivity index (χ0) is 12.3. The topological polar surface area (TPSA) is 61.0 Å². The number of anilines is 1. The molecule has 0 radical (unpaired) electrons. The van der Waals surface area contributed by atoms with Crippen LogP contribution in [-0.2, 0) is 6.42 Å². The van der Waals surface area contributed by atoms with Gasteiger partial charge in [-0.2, -0.15) is 0 Å². The highest BCUT2D eigenvalue weighted by atomic mass is 35.5. The van der Waals surface area contributed by atoms with Gasteiger partial charge in [-0.1, -0.05) is 18.5 Å². The van der Waals surface area contributed by atoms with Crippen LogP contribution < -0.4 is 10.5 Å². The van der Waals surface area contributed by atoms with Gasteiger partial charge in [0.05, 0.1) is 0 Å². The maximum absolute atomic E-state index is 6.02. The van der Waals surface area contributed by atoms with Crippen molar-refractivity contribution in [2.45, 2.75) is 13.3 Å². The molecule has 0 aliphatic rings. The van der Waals surface area contributed by atoms with Gasteiger partial charge < -0.3 is 10.5 Å². The summed E-state index contributed by atoms with van der Waals surface area (Å²) in [6, 6.07) is 7.06. The van der Waals surface area contributed by atoms with Crippen LogP contribution in [0, 0.1) is 0 Å². The minimum atomic E-state index is 0.375. The number of nitrogens with zero attached hydrogens (tertiary/aromatic N) is 2. The fourth-order valence-electron chi connectivity index (χ4n) is 1.42. The van der Waals surface area contributed by atoms with E-state index in [9.17, 15) is 0 Å². The maximum atomic E-state index is 6.02. The summed E-state index contributed by atoms with van der Waals surface area (Å²) < 4.78 is 5.57. The first-order valence-electron chi connectivity index (χ1n) is 5.23. The third kappa shape index (κ3) is 2.85. The maximum Gasteiger partial charge on any atom is 0.224 e. The highest BCUT2D eigenvalue weighted by molar-refractivity contribution is 6.31. The largest absolute Gasteiger partial charge is 0.439 e. The van der Waals surface area contributed by atoms with E-state index in [1.807, 2.05) is 13.0 Å². The van der Waals surface area contributed by atoms with Crippen LogP contribution in [0.2, 0.25) is 5.02 Å². The van der Waals surface area contributed by atoms with Crippen molar-refractivity contribution in [1.29, 1.82) is 0 Å². The summed E-state index contributed by atoms with van der Waals surface area (Å²) >= 11 is 6.02. The lowest BCUT2D eigenvalue weighted by atomic mass is 10.1. The van der Waals surface area contributed by atoms with E-state index in [4.69, 9.17) is 22.1 Å². The van der Waals surface area contributed by atoms with Crippen LogP contribution >= 0.6 is 11.6 Å². The number of halogens is 1. The standard InChI is InChI=1S/C12H12ClN3O/c1-2-8-5-9(3-4-10(8)13)17-12-6-11(14)15-7-16-12/h3-7H,2H2,1H3,(H2,14,15,16). The Kier molecular flexibility index (Phi) is 3.44. The number of benzene rings is 1. The third-order valence-electron chi connectivity index (χ3n) is 2.28. The van der Waals surface area contributed by atoms with Gasteiger partial charge in [0.25, 0.3) is 0 Å². The minimum Gasteiger partial charge on any atom is -0.439 e. The molecule has 0 bridgehead atoms. The molecule has 0 saturated carbocycles. The normalized spacial score (nSPS) is 10.2. The molecule has 0 saturated heterocycles. The Morgan fingerprint density at radius 2 is 2.12 bits per heavy atom. The van der Waals surface area contributed by atoms with Gasteiger partial charge in [-0.15, -0.1) is 0 Å². The lowest BCUT2D eigenvalue weighted by Crippen LogP contribution is -1.94. The van der Waals surface area contributed by atoms with E-state index < -0.39 is 0 Å². The summed E-state index contributed by atoms with van der Waals surface area (Å²) in [6.45, 7) is 2.04. The van der Waals surface area contributed by atoms with Crippen molar-refractivity contribution in [3.63, 3.8) is 0 Å². The highest BCUT2D eigenvalue weighted by Crippen LogP contribution is 2.25. The Labute approximate surface area is 104 Å². The molecule has 0 spiro atoms. The zero-order valence-electron chi connectivity index (χ0n) is 9.35. The van der Waals surface area contributed by atoms with Gasteiger partial charge >= 0.3 is 0 Å². The predicted octanol–water partition coefficient (Wildman–Crippen LogP) is 3.07. The molecular weight excluding hydrogens is 238 g/mol. The molecule has 17 heavy (non-hydrogen) atoms. The fraction of sp³-hybridized carbons (Fsp3) is 0.167. The molecule has 1 aromatic heterocycles. The van der Waals surface area contributed by atoms with Crippen molar-refractivity contribution >= 4 is 17.4 Å². The minimum absolute atomic E-state index is 0.375. The van der Waals surface area contributed by atoms with E-state index in [-0.39, 0.29) is 0 Å². The molecule has 1 aromatic carbocycles. The van der Waals surface area contributed by atoms with Crippen molar-refractivity contribution in [3.05, 3.63) is 41.2 Å². The second-order valence-corrected chi connectivity index (χ2v) is 3.90. The van der Waals surface area contributed by atoms with Gasteiger partial charge in [0.1, 0.15) is 17.9 Å². The van der Waals surface area contributed by atoms with Crippen molar-refractivity contribution in [3.8, 4) is 11.6 Å². The van der Waals surface area contributed by atoms with Crippen LogP contribution in [0.25, 0.3) is 0 Å². The lowest BCUT2D eigenvalue weighted by molar-refractivity contribution is 0.461. The van der Waals surface area contributed by atoms with Gasteiger partial charge in [-0.25, -0.2) is 9.97 Å². The van der Waals surface area contributed by atoms with E-state index >= 15 is 0 Å². The van der Waals surface area contributed by atoms with E-state index in [1.54, 1.807) is 18.2 Å². The molecule has 0 unspecified atom stereocenters. The van der Waals surface area contributed by atoms with Crippen molar-refractivity contribution in [1.82, 2.24) is 9.97 Å². The average molecular weight is 250 g/mol. The molecule has 4 nitrogen and oxygen atoms in total. The Balaban J connectivity index is 2.24. The van der Waals surface area contributed by atoms with Crippen LogP contribution in [0.1, 0.15) is 12.5 Å². The molecule has 5 heteroatoms. The summed E-state index contributed by atoms with van der Waals surface area (Å²) in [4.78, 5) is 7.76. The Hall–Kier alpha value is -1.81. The second kappa shape index (κ2) is 5.01. The van der Waals surface area contributed by atoms with Gasteiger partial charge in [0.2, 0.25) is 5.88 Å². The second-order valence-electron chi connectivity index (χ2n) is 3.49. The summed E-state index contributed by atoms with van der Waals surface area (Å²) in [5.74, 6) is 1.48. The molecule has 2 aromatic rings. The van der Waals surface area contributed by atoms with Gasteiger partial charge in [-0.3, -0.25) is 0 Å². The number of rotatable bonds is 3. The van der Waals surface area contributed by atoms with E-state index in [1.165, 1.54) is 6.33 Å². The number of aromatic nitrogens is 2. The van der Waals surface area contributed by atoms with E-state index in [0.717, 1.165) is 17.0 Å². The SMILES string of the molecule is CCc1cc(Oc2cc(N)ncn2)ccc1Cl. The van der Waals surface area contributed by atoms with E-state index in [0.29, 0.717) is 17.4 Å². The third-order valence-corrected chi connectivity index (χ3v) is 2.65. The van der Waals surface area contributed by atoms with Crippen LogP contribution in [0.15, 0.2) is 30.6 Å². The number of hydrogen-bond donors (Lipinski definition) is 1. The van der Waals surface area contributed by atoms with Gasteiger partial charge in [0, 0.05) is 11.1 Å². The molecule has 0 fully saturated rings. The van der Waals surface area contributed by atoms with Crippen LogP contribution in [0.3, 0.4) is 0 Å². The van der Waals surface area contributed by atoms with Crippen molar-refractivity contribution in [2.24, 2.45) is 0 Å².